The zero-order valence-corrected chi connectivity index (χ0v) is 15.5. The molecule has 2 aliphatic rings. The smallest absolute Gasteiger partial charge is 0.253 e. The van der Waals surface area contributed by atoms with Crippen molar-refractivity contribution < 1.29 is 17.9 Å². The summed E-state index contributed by atoms with van der Waals surface area (Å²) in [4.78, 5) is 16.6. The van der Waals surface area contributed by atoms with Crippen molar-refractivity contribution in [1.29, 1.82) is 0 Å². The average molecular weight is 366 g/mol. The van der Waals surface area contributed by atoms with Gasteiger partial charge in [-0.05, 0) is 30.5 Å². The maximum Gasteiger partial charge on any atom is 0.253 e. The molecule has 0 radical (unpaired) electrons. The number of carbonyl (C=O) groups excluding carboxylic acids is 1. The molecule has 2 fully saturated rings. The zero-order chi connectivity index (χ0) is 17.9. The Hall–Kier alpha value is -1.44. The maximum absolute atomic E-state index is 12.6. The van der Waals surface area contributed by atoms with E-state index in [2.05, 4.69) is 4.90 Å². The summed E-state index contributed by atoms with van der Waals surface area (Å²) in [5.41, 5.74) is 1.80. The highest BCUT2D eigenvalue weighted by molar-refractivity contribution is 7.91. The van der Waals surface area contributed by atoms with Crippen molar-refractivity contribution in [2.45, 2.75) is 25.5 Å². The Bertz CT molecular complexity index is 688. The Labute approximate surface area is 149 Å². The molecule has 3 rings (SSSR count). The highest BCUT2D eigenvalue weighted by atomic mass is 32.2. The predicted molar refractivity (Wildman–Crippen MR) is 96.3 cm³/mol. The molecule has 138 valence electrons. The molecule has 25 heavy (non-hydrogen) atoms. The van der Waals surface area contributed by atoms with Crippen LogP contribution in [0.1, 0.15) is 28.8 Å². The van der Waals surface area contributed by atoms with Gasteiger partial charge in [-0.2, -0.15) is 0 Å². The molecule has 7 heteroatoms. The number of piperidine rings is 1. The molecule has 0 aromatic heterocycles. The predicted octanol–water partition coefficient (Wildman–Crippen LogP) is 1.17. The summed E-state index contributed by atoms with van der Waals surface area (Å²) < 4.78 is 28.4. The molecule has 0 N–H and O–H groups in total. The van der Waals surface area contributed by atoms with Crippen molar-refractivity contribution in [3.05, 3.63) is 35.4 Å². The summed E-state index contributed by atoms with van der Waals surface area (Å²) >= 11 is 0. The lowest BCUT2D eigenvalue weighted by molar-refractivity contribution is 0.0269. The standard InChI is InChI=1S/C18H26N2O4S/c1-24-17-3-2-8-20(14-17)18(21)16-6-4-15(5-7-16)13-19-9-11-25(22,23)12-10-19/h4-7,17H,2-3,8-14H2,1H3. The van der Waals surface area contributed by atoms with Crippen LogP contribution in [0.2, 0.25) is 0 Å². The van der Waals surface area contributed by atoms with Gasteiger partial charge in [0.1, 0.15) is 0 Å². The van der Waals surface area contributed by atoms with E-state index in [1.807, 2.05) is 29.2 Å². The molecule has 0 spiro atoms. The first kappa shape index (κ1) is 18.4. The average Bonchev–Trinajstić information content (AvgIpc) is 2.63. The van der Waals surface area contributed by atoms with Gasteiger partial charge in [0.2, 0.25) is 0 Å². The first-order valence-corrected chi connectivity index (χ1v) is 10.6. The molecule has 1 unspecified atom stereocenters. The highest BCUT2D eigenvalue weighted by Crippen LogP contribution is 2.17. The Morgan fingerprint density at radius 1 is 1.16 bits per heavy atom. The summed E-state index contributed by atoms with van der Waals surface area (Å²) in [7, 11) is -1.15. The molecule has 6 nitrogen and oxygen atoms in total. The van der Waals surface area contributed by atoms with E-state index in [0.29, 0.717) is 25.2 Å². The van der Waals surface area contributed by atoms with Gasteiger partial charge in [-0.3, -0.25) is 9.69 Å². The Kier molecular flexibility index (Phi) is 5.76. The van der Waals surface area contributed by atoms with Gasteiger partial charge in [-0.25, -0.2) is 8.42 Å². The monoisotopic (exact) mass is 366 g/mol. The normalized spacial score (nSPS) is 24.2. The summed E-state index contributed by atoms with van der Waals surface area (Å²) in [6.45, 7) is 3.31. The molecular weight excluding hydrogens is 340 g/mol. The van der Waals surface area contributed by atoms with Crippen molar-refractivity contribution >= 4 is 15.7 Å². The molecule has 0 aliphatic carbocycles. The zero-order valence-electron chi connectivity index (χ0n) is 14.7. The van der Waals surface area contributed by atoms with Crippen LogP contribution in [-0.4, -0.2) is 75.0 Å². The SMILES string of the molecule is COC1CCCN(C(=O)c2ccc(CN3CCS(=O)(=O)CC3)cc2)C1. The van der Waals surface area contributed by atoms with Crippen LogP contribution in [0.5, 0.6) is 0 Å². The first-order chi connectivity index (χ1) is 12.0. The van der Waals surface area contributed by atoms with Crippen molar-refractivity contribution in [2.75, 3.05) is 44.8 Å². The van der Waals surface area contributed by atoms with Crippen molar-refractivity contribution in [3.8, 4) is 0 Å². The first-order valence-electron chi connectivity index (χ1n) is 8.80. The van der Waals surface area contributed by atoms with E-state index in [9.17, 15) is 13.2 Å². The van der Waals surface area contributed by atoms with E-state index in [0.717, 1.165) is 31.5 Å². The van der Waals surface area contributed by atoms with Crippen LogP contribution in [0.15, 0.2) is 24.3 Å². The van der Waals surface area contributed by atoms with Crippen LogP contribution in [0.3, 0.4) is 0 Å². The van der Waals surface area contributed by atoms with Gasteiger partial charge in [-0.1, -0.05) is 12.1 Å². The number of carbonyl (C=O) groups is 1. The van der Waals surface area contributed by atoms with Gasteiger partial charge in [0, 0.05) is 45.4 Å². The van der Waals surface area contributed by atoms with Crippen LogP contribution >= 0.6 is 0 Å². The van der Waals surface area contributed by atoms with Crippen LogP contribution < -0.4 is 0 Å². The van der Waals surface area contributed by atoms with E-state index in [1.165, 1.54) is 0 Å². The molecule has 0 bridgehead atoms. The number of hydrogen-bond donors (Lipinski definition) is 0. The number of likely N-dealkylation sites (tertiary alicyclic amines) is 1. The number of ether oxygens (including phenoxy) is 1. The molecular formula is C18H26N2O4S. The second-order valence-electron chi connectivity index (χ2n) is 6.88. The van der Waals surface area contributed by atoms with Crippen LogP contribution in [0.25, 0.3) is 0 Å². The molecule has 2 aliphatic heterocycles. The second-order valence-corrected chi connectivity index (χ2v) is 9.18. The molecule has 1 atom stereocenters. The summed E-state index contributed by atoms with van der Waals surface area (Å²) in [6.07, 6.45) is 2.11. The van der Waals surface area contributed by atoms with E-state index < -0.39 is 9.84 Å². The van der Waals surface area contributed by atoms with Gasteiger partial charge in [0.05, 0.1) is 17.6 Å². The largest absolute Gasteiger partial charge is 0.380 e. The van der Waals surface area contributed by atoms with E-state index in [1.54, 1.807) is 7.11 Å². The van der Waals surface area contributed by atoms with Gasteiger partial charge in [-0.15, -0.1) is 0 Å². The van der Waals surface area contributed by atoms with Crippen LogP contribution in [0, 0.1) is 0 Å². The second kappa shape index (κ2) is 7.85. The topological polar surface area (TPSA) is 66.9 Å². The Morgan fingerprint density at radius 2 is 1.84 bits per heavy atom. The number of rotatable bonds is 4. The fourth-order valence-electron chi connectivity index (χ4n) is 3.42. The molecule has 2 heterocycles. The molecule has 1 aromatic carbocycles. The van der Waals surface area contributed by atoms with E-state index in [-0.39, 0.29) is 23.5 Å². The number of benzene rings is 1. The number of hydrogen-bond acceptors (Lipinski definition) is 5. The van der Waals surface area contributed by atoms with Crippen molar-refractivity contribution in [3.63, 3.8) is 0 Å². The molecule has 0 saturated carbocycles. The third-order valence-corrected chi connectivity index (χ3v) is 6.65. The van der Waals surface area contributed by atoms with Gasteiger partial charge < -0.3 is 9.64 Å². The number of methoxy groups -OCH3 is 1. The summed E-state index contributed by atoms with van der Waals surface area (Å²) in [6, 6.07) is 7.67. The minimum Gasteiger partial charge on any atom is -0.380 e. The van der Waals surface area contributed by atoms with Crippen LogP contribution in [-0.2, 0) is 21.1 Å². The minimum atomic E-state index is -2.85. The maximum atomic E-state index is 12.6. The van der Waals surface area contributed by atoms with Crippen LogP contribution in [0.4, 0.5) is 0 Å². The molecule has 1 aromatic rings. The summed E-state index contributed by atoms with van der Waals surface area (Å²) in [5, 5.41) is 0. The van der Waals surface area contributed by atoms with E-state index >= 15 is 0 Å². The Morgan fingerprint density at radius 3 is 2.48 bits per heavy atom. The lowest BCUT2D eigenvalue weighted by Gasteiger charge is -2.32. The number of sulfone groups is 1. The lowest BCUT2D eigenvalue weighted by Crippen LogP contribution is -2.42. The third kappa shape index (κ3) is 4.80. The van der Waals surface area contributed by atoms with Crippen molar-refractivity contribution in [1.82, 2.24) is 9.80 Å². The van der Waals surface area contributed by atoms with Crippen molar-refractivity contribution in [2.24, 2.45) is 0 Å². The van der Waals surface area contributed by atoms with Gasteiger partial charge >= 0.3 is 0 Å². The molecule has 2 saturated heterocycles. The van der Waals surface area contributed by atoms with Gasteiger partial charge in [0.25, 0.3) is 5.91 Å². The minimum absolute atomic E-state index is 0.0531. The molecule has 1 amide bonds. The number of nitrogens with zero attached hydrogens (tertiary/aromatic N) is 2. The third-order valence-electron chi connectivity index (χ3n) is 5.04. The van der Waals surface area contributed by atoms with Gasteiger partial charge in [0.15, 0.2) is 9.84 Å². The lowest BCUT2D eigenvalue weighted by atomic mass is 10.1. The number of amides is 1. The Balaban J connectivity index is 1.57. The fourth-order valence-corrected chi connectivity index (χ4v) is 4.69. The quantitative estimate of drug-likeness (QED) is 0.800. The highest BCUT2D eigenvalue weighted by Gasteiger charge is 2.24. The van der Waals surface area contributed by atoms with E-state index in [4.69, 9.17) is 4.74 Å². The summed E-state index contributed by atoms with van der Waals surface area (Å²) in [5.74, 6) is 0.524. The fraction of sp³-hybridized carbons (Fsp3) is 0.611.